The zero-order valence-electron chi connectivity index (χ0n) is 16.1. The second kappa shape index (κ2) is 9.26. The average Bonchev–Trinajstić information content (AvgIpc) is 2.77. The minimum Gasteiger partial charge on any atom is -0.434 e. The van der Waals surface area contributed by atoms with Crippen LogP contribution in [-0.4, -0.2) is 25.7 Å². The number of rotatable bonds is 8. The molecule has 0 aliphatic rings. The summed E-state index contributed by atoms with van der Waals surface area (Å²) in [5, 5.41) is 22.3. The van der Waals surface area contributed by atoms with E-state index in [1.807, 2.05) is 19.1 Å². The number of amides is 1. The van der Waals surface area contributed by atoms with E-state index in [1.165, 1.54) is 12.1 Å². The Morgan fingerprint density at radius 3 is 2.26 bits per heavy atom. The molecular formula is C19H16N6O6. The maximum absolute atomic E-state index is 12.2. The van der Waals surface area contributed by atoms with Crippen LogP contribution in [0.25, 0.3) is 0 Å². The van der Waals surface area contributed by atoms with Gasteiger partial charge < -0.3 is 4.74 Å². The van der Waals surface area contributed by atoms with Crippen LogP contribution >= 0.6 is 0 Å². The van der Waals surface area contributed by atoms with Crippen molar-refractivity contribution in [2.75, 3.05) is 5.43 Å². The van der Waals surface area contributed by atoms with Crippen LogP contribution in [-0.2, 0) is 6.42 Å². The molecule has 0 bridgehead atoms. The first kappa shape index (κ1) is 21.1. The Hall–Kier alpha value is -4.61. The third-order valence-electron chi connectivity index (χ3n) is 4.15. The van der Waals surface area contributed by atoms with Crippen molar-refractivity contribution in [3.8, 4) is 11.6 Å². The van der Waals surface area contributed by atoms with E-state index in [4.69, 9.17) is 4.74 Å². The summed E-state index contributed by atoms with van der Waals surface area (Å²) in [5.74, 6) is -0.938. The molecule has 3 aromatic rings. The number of anilines is 1. The van der Waals surface area contributed by atoms with Crippen molar-refractivity contribution in [3.05, 3.63) is 86.2 Å². The number of carbonyl (C=O) groups is 1. The summed E-state index contributed by atoms with van der Waals surface area (Å²) in [6, 6.07) is 11.8. The number of nitrogens with one attached hydrogen (secondary N) is 2. The molecule has 2 aromatic carbocycles. The van der Waals surface area contributed by atoms with Crippen LogP contribution in [0.5, 0.6) is 11.6 Å². The molecule has 31 heavy (non-hydrogen) atoms. The molecule has 2 N–H and O–H groups in total. The van der Waals surface area contributed by atoms with Crippen molar-refractivity contribution in [1.29, 1.82) is 0 Å². The first-order valence-corrected chi connectivity index (χ1v) is 8.96. The Kier molecular flexibility index (Phi) is 6.30. The summed E-state index contributed by atoms with van der Waals surface area (Å²) >= 11 is 0. The maximum Gasteiger partial charge on any atom is 0.374 e. The fourth-order valence-corrected chi connectivity index (χ4v) is 2.52. The fraction of sp³-hybridized carbons (Fsp3) is 0.105. The highest BCUT2D eigenvalue weighted by Crippen LogP contribution is 2.33. The van der Waals surface area contributed by atoms with Gasteiger partial charge in [0.05, 0.1) is 9.85 Å². The zero-order valence-corrected chi connectivity index (χ0v) is 16.1. The number of hydrogen-bond acceptors (Lipinski definition) is 9. The van der Waals surface area contributed by atoms with E-state index in [-0.39, 0.29) is 22.9 Å². The molecule has 0 radical (unpaired) electrons. The van der Waals surface area contributed by atoms with Gasteiger partial charge in [-0.3, -0.25) is 35.9 Å². The third kappa shape index (κ3) is 5.06. The molecule has 158 valence electrons. The van der Waals surface area contributed by atoms with E-state index in [1.54, 1.807) is 12.1 Å². The smallest absolute Gasteiger partial charge is 0.374 e. The van der Waals surface area contributed by atoms with Gasteiger partial charge in [0.1, 0.15) is 12.1 Å². The Labute approximate surface area is 175 Å². The summed E-state index contributed by atoms with van der Waals surface area (Å²) in [4.78, 5) is 40.8. The van der Waals surface area contributed by atoms with Crippen LogP contribution in [0.4, 0.5) is 17.2 Å². The monoisotopic (exact) mass is 424 g/mol. The number of carbonyl (C=O) groups excluding carboxylic acids is 1. The number of aromatic nitrogens is 2. The Balaban J connectivity index is 1.77. The van der Waals surface area contributed by atoms with E-state index in [2.05, 4.69) is 20.8 Å². The standard InChI is InChI=1S/C19H16N6O6/c1-2-12-3-9-15(10-4-12)31-19-16(25(29)30)17(20-11-21-19)22-23-18(26)13-5-7-14(8-6-13)24(27)28/h3-11H,2H2,1H3,(H,23,26)(H,20,21,22). The van der Waals surface area contributed by atoms with Crippen LogP contribution < -0.4 is 15.6 Å². The lowest BCUT2D eigenvalue weighted by molar-refractivity contribution is -0.385. The molecule has 0 saturated heterocycles. The van der Waals surface area contributed by atoms with E-state index >= 15 is 0 Å². The summed E-state index contributed by atoms with van der Waals surface area (Å²) in [6.45, 7) is 1.99. The first-order chi connectivity index (χ1) is 14.9. The van der Waals surface area contributed by atoms with E-state index in [0.717, 1.165) is 30.4 Å². The largest absolute Gasteiger partial charge is 0.434 e. The number of nitro groups is 2. The lowest BCUT2D eigenvalue weighted by Crippen LogP contribution is -2.30. The van der Waals surface area contributed by atoms with Gasteiger partial charge in [0.25, 0.3) is 11.6 Å². The zero-order chi connectivity index (χ0) is 22.4. The molecule has 0 spiro atoms. The molecule has 3 rings (SSSR count). The first-order valence-electron chi connectivity index (χ1n) is 8.96. The van der Waals surface area contributed by atoms with Crippen molar-refractivity contribution < 1.29 is 19.4 Å². The summed E-state index contributed by atoms with van der Waals surface area (Å²) in [7, 11) is 0. The number of hydrazine groups is 1. The van der Waals surface area contributed by atoms with Crippen molar-refractivity contribution in [2.45, 2.75) is 13.3 Å². The van der Waals surface area contributed by atoms with Crippen molar-refractivity contribution in [1.82, 2.24) is 15.4 Å². The normalized spacial score (nSPS) is 10.2. The van der Waals surface area contributed by atoms with E-state index in [9.17, 15) is 25.0 Å². The van der Waals surface area contributed by atoms with Crippen molar-refractivity contribution in [2.24, 2.45) is 0 Å². The maximum atomic E-state index is 12.2. The predicted molar refractivity (Wildman–Crippen MR) is 109 cm³/mol. The van der Waals surface area contributed by atoms with Crippen LogP contribution in [0.2, 0.25) is 0 Å². The summed E-state index contributed by atoms with van der Waals surface area (Å²) in [5.41, 5.74) is 5.04. The SMILES string of the molecule is CCc1ccc(Oc2ncnc(NNC(=O)c3ccc([N+](=O)[O-])cc3)c2[N+](=O)[O-])cc1. The molecule has 0 aliphatic heterocycles. The topological polar surface area (TPSA) is 162 Å². The fourth-order valence-electron chi connectivity index (χ4n) is 2.52. The van der Waals surface area contributed by atoms with Gasteiger partial charge in [0.15, 0.2) is 0 Å². The van der Waals surface area contributed by atoms with Gasteiger partial charge in [-0.15, -0.1) is 0 Å². The van der Waals surface area contributed by atoms with Crippen molar-refractivity contribution in [3.63, 3.8) is 0 Å². The second-order valence-electron chi connectivity index (χ2n) is 6.12. The van der Waals surface area contributed by atoms with Gasteiger partial charge in [-0.2, -0.15) is 4.98 Å². The number of ether oxygens (including phenoxy) is 1. The molecule has 0 unspecified atom stereocenters. The van der Waals surface area contributed by atoms with Gasteiger partial charge in [-0.05, 0) is 36.2 Å². The molecule has 1 heterocycles. The van der Waals surface area contributed by atoms with E-state index < -0.39 is 21.4 Å². The van der Waals surface area contributed by atoms with Crippen LogP contribution in [0.3, 0.4) is 0 Å². The van der Waals surface area contributed by atoms with E-state index in [0.29, 0.717) is 5.75 Å². The highest BCUT2D eigenvalue weighted by atomic mass is 16.6. The Bertz CT molecular complexity index is 1120. The molecule has 0 fully saturated rings. The van der Waals surface area contributed by atoms with Crippen molar-refractivity contribution >= 4 is 23.1 Å². The molecule has 0 atom stereocenters. The van der Waals surface area contributed by atoms with Gasteiger partial charge in [-0.1, -0.05) is 19.1 Å². The third-order valence-corrected chi connectivity index (χ3v) is 4.15. The van der Waals surface area contributed by atoms with Gasteiger partial charge in [0.2, 0.25) is 5.82 Å². The summed E-state index contributed by atoms with van der Waals surface area (Å²) in [6.07, 6.45) is 1.87. The quantitative estimate of drug-likeness (QED) is 0.407. The lowest BCUT2D eigenvalue weighted by atomic mass is 10.2. The summed E-state index contributed by atoms with van der Waals surface area (Å²) < 4.78 is 5.53. The number of hydrogen-bond donors (Lipinski definition) is 2. The minimum atomic E-state index is -0.740. The van der Waals surface area contributed by atoms with Crippen LogP contribution in [0.15, 0.2) is 54.9 Å². The molecule has 12 nitrogen and oxygen atoms in total. The Morgan fingerprint density at radius 2 is 1.68 bits per heavy atom. The number of non-ortho nitro benzene ring substituents is 1. The van der Waals surface area contributed by atoms with Gasteiger partial charge in [-0.25, -0.2) is 4.98 Å². The number of benzene rings is 2. The molecule has 0 saturated carbocycles. The highest BCUT2D eigenvalue weighted by Gasteiger charge is 2.25. The lowest BCUT2D eigenvalue weighted by Gasteiger charge is -2.10. The molecule has 0 aliphatic carbocycles. The molecular weight excluding hydrogens is 408 g/mol. The number of nitro benzene ring substituents is 1. The molecule has 1 aromatic heterocycles. The minimum absolute atomic E-state index is 0.0993. The predicted octanol–water partition coefficient (Wildman–Crippen LogP) is 3.40. The molecule has 1 amide bonds. The van der Waals surface area contributed by atoms with Crippen LogP contribution in [0, 0.1) is 20.2 Å². The second-order valence-corrected chi connectivity index (χ2v) is 6.12. The number of nitrogens with zero attached hydrogens (tertiary/aromatic N) is 4. The van der Waals surface area contributed by atoms with Gasteiger partial charge in [0, 0.05) is 17.7 Å². The molecule has 12 heteroatoms. The number of aryl methyl sites for hydroxylation is 1. The highest BCUT2D eigenvalue weighted by molar-refractivity contribution is 5.95. The Morgan fingerprint density at radius 1 is 1.00 bits per heavy atom. The average molecular weight is 424 g/mol. The van der Waals surface area contributed by atoms with Gasteiger partial charge >= 0.3 is 11.6 Å². The van der Waals surface area contributed by atoms with Crippen LogP contribution in [0.1, 0.15) is 22.8 Å².